The van der Waals surface area contributed by atoms with Crippen LogP contribution in [-0.4, -0.2) is 21.6 Å². The molecule has 5 nitrogen and oxygen atoms in total. The summed E-state index contributed by atoms with van der Waals surface area (Å²) in [5.74, 6) is 0. The van der Waals surface area contributed by atoms with Gasteiger partial charge in [0.05, 0.1) is 12.8 Å². The molecule has 5 heteroatoms. The normalized spacial score (nSPS) is 14.6. The third-order valence-electron chi connectivity index (χ3n) is 3.57. The maximum absolute atomic E-state index is 11.8. The Hall–Kier alpha value is -2.45. The van der Waals surface area contributed by atoms with E-state index in [0.717, 1.165) is 36.2 Å². The van der Waals surface area contributed by atoms with Crippen molar-refractivity contribution in [2.45, 2.75) is 19.5 Å². The first-order valence-corrected chi connectivity index (χ1v) is 6.50. The van der Waals surface area contributed by atoms with Crippen molar-refractivity contribution in [3.63, 3.8) is 0 Å². The number of hydrogen-bond donors (Lipinski definition) is 1. The van der Waals surface area contributed by atoms with E-state index in [2.05, 4.69) is 19.9 Å². The molecular formula is C15H14N4O. The number of benzene rings is 1. The number of aromatic amines is 1. The topological polar surface area (TPSA) is 53.4 Å². The van der Waals surface area contributed by atoms with Crippen LogP contribution in [0.1, 0.15) is 16.7 Å². The molecule has 1 aromatic carbocycles. The van der Waals surface area contributed by atoms with E-state index in [1.54, 1.807) is 12.3 Å². The molecule has 0 atom stereocenters. The van der Waals surface area contributed by atoms with E-state index in [1.807, 2.05) is 18.2 Å². The number of H-pyrrole nitrogens is 1. The van der Waals surface area contributed by atoms with Crippen LogP contribution in [0, 0.1) is 6.57 Å². The zero-order valence-corrected chi connectivity index (χ0v) is 11.0. The van der Waals surface area contributed by atoms with Crippen LogP contribution in [0.5, 0.6) is 0 Å². The van der Waals surface area contributed by atoms with Gasteiger partial charge in [0.25, 0.3) is 5.56 Å². The molecule has 0 spiro atoms. The lowest BCUT2D eigenvalue weighted by Crippen LogP contribution is -2.34. The van der Waals surface area contributed by atoms with Crippen molar-refractivity contribution >= 4 is 5.69 Å². The Morgan fingerprint density at radius 3 is 3.20 bits per heavy atom. The van der Waals surface area contributed by atoms with Gasteiger partial charge in [-0.3, -0.25) is 9.69 Å². The molecule has 0 radical (unpaired) electrons. The minimum absolute atomic E-state index is 0.0953. The Balaban J connectivity index is 1.79. The van der Waals surface area contributed by atoms with Gasteiger partial charge in [-0.2, -0.15) is 5.10 Å². The number of fused-ring (bicyclic) bond motifs is 1. The molecule has 0 aliphatic carbocycles. The summed E-state index contributed by atoms with van der Waals surface area (Å²) in [6.07, 6.45) is 2.59. The largest absolute Gasteiger partial charge is 0.294 e. The predicted octanol–water partition coefficient (Wildman–Crippen LogP) is 1.88. The van der Waals surface area contributed by atoms with E-state index in [1.165, 1.54) is 0 Å². The Labute approximate surface area is 116 Å². The summed E-state index contributed by atoms with van der Waals surface area (Å²) in [7, 11) is 0. The highest BCUT2D eigenvalue weighted by Crippen LogP contribution is 2.19. The van der Waals surface area contributed by atoms with Gasteiger partial charge in [0, 0.05) is 25.2 Å². The second kappa shape index (κ2) is 5.27. The van der Waals surface area contributed by atoms with Crippen molar-refractivity contribution in [1.82, 2.24) is 15.1 Å². The summed E-state index contributed by atoms with van der Waals surface area (Å²) >= 11 is 0. The predicted molar refractivity (Wildman–Crippen MR) is 75.4 cm³/mol. The number of aromatic nitrogens is 2. The first-order chi connectivity index (χ1) is 9.76. The summed E-state index contributed by atoms with van der Waals surface area (Å²) in [5, 5.41) is 6.33. The lowest BCUT2D eigenvalue weighted by molar-refractivity contribution is 0.243. The molecule has 0 amide bonds. The van der Waals surface area contributed by atoms with Gasteiger partial charge in [-0.1, -0.05) is 24.3 Å². The highest BCUT2D eigenvalue weighted by molar-refractivity contribution is 5.46. The van der Waals surface area contributed by atoms with Gasteiger partial charge in [-0.15, -0.1) is 0 Å². The average molecular weight is 266 g/mol. The Kier molecular flexibility index (Phi) is 3.32. The van der Waals surface area contributed by atoms with Gasteiger partial charge in [-0.25, -0.2) is 9.94 Å². The fourth-order valence-electron chi connectivity index (χ4n) is 2.55. The highest BCUT2D eigenvalue weighted by atomic mass is 16.1. The number of rotatable bonds is 2. The van der Waals surface area contributed by atoms with Gasteiger partial charge in [0.15, 0.2) is 5.69 Å². The van der Waals surface area contributed by atoms with E-state index >= 15 is 0 Å². The van der Waals surface area contributed by atoms with Gasteiger partial charge in [-0.05, 0) is 17.5 Å². The molecule has 0 saturated heterocycles. The van der Waals surface area contributed by atoms with Crippen LogP contribution in [0.4, 0.5) is 5.69 Å². The van der Waals surface area contributed by atoms with Crippen LogP contribution < -0.4 is 5.56 Å². The second-order valence-corrected chi connectivity index (χ2v) is 4.95. The van der Waals surface area contributed by atoms with E-state index in [9.17, 15) is 4.79 Å². The maximum atomic E-state index is 11.8. The van der Waals surface area contributed by atoms with Gasteiger partial charge in [0.1, 0.15) is 0 Å². The number of nitrogens with one attached hydrogen (secondary N) is 1. The summed E-state index contributed by atoms with van der Waals surface area (Å²) in [4.78, 5) is 17.4. The fraction of sp³-hybridized carbons (Fsp3) is 0.267. The van der Waals surface area contributed by atoms with Crippen molar-refractivity contribution in [1.29, 1.82) is 0 Å². The Morgan fingerprint density at radius 2 is 2.35 bits per heavy atom. The molecule has 0 saturated carbocycles. The molecule has 0 bridgehead atoms. The standard InChI is InChI=1S/C15H14N4O/c1-16-13-4-2-3-11(7-13)9-19-6-5-12-8-17-18-15(20)14(12)10-19/h2-4,7-8H,5-6,9-10H2,(H,18,20). The highest BCUT2D eigenvalue weighted by Gasteiger charge is 2.19. The molecule has 0 unspecified atom stereocenters. The van der Waals surface area contributed by atoms with Crippen LogP contribution >= 0.6 is 0 Å². The van der Waals surface area contributed by atoms with E-state index in [4.69, 9.17) is 6.57 Å². The molecular weight excluding hydrogens is 252 g/mol. The second-order valence-electron chi connectivity index (χ2n) is 4.95. The Bertz CT molecular complexity index is 729. The third-order valence-corrected chi connectivity index (χ3v) is 3.57. The van der Waals surface area contributed by atoms with Crippen LogP contribution in [-0.2, 0) is 19.5 Å². The first kappa shape index (κ1) is 12.6. The van der Waals surface area contributed by atoms with E-state index in [-0.39, 0.29) is 5.56 Å². The third kappa shape index (κ3) is 2.46. The van der Waals surface area contributed by atoms with Crippen LogP contribution in [0.15, 0.2) is 35.3 Å². The lowest BCUT2D eigenvalue weighted by atomic mass is 10.0. The van der Waals surface area contributed by atoms with Gasteiger partial charge in [0.2, 0.25) is 0 Å². The smallest absolute Gasteiger partial charge is 0.268 e. The maximum Gasteiger partial charge on any atom is 0.268 e. The Morgan fingerprint density at radius 1 is 1.45 bits per heavy atom. The average Bonchev–Trinajstić information content (AvgIpc) is 2.48. The molecule has 2 aromatic rings. The van der Waals surface area contributed by atoms with Crippen molar-refractivity contribution in [2.24, 2.45) is 0 Å². The minimum atomic E-state index is -0.0953. The van der Waals surface area contributed by atoms with E-state index < -0.39 is 0 Å². The molecule has 1 aliphatic rings. The van der Waals surface area contributed by atoms with Crippen molar-refractivity contribution in [2.75, 3.05) is 6.54 Å². The molecule has 3 rings (SSSR count). The quantitative estimate of drug-likeness (QED) is 0.844. The molecule has 1 aliphatic heterocycles. The SMILES string of the molecule is [C-]#[N+]c1cccc(CN2CCc3cn[nH]c(=O)c3C2)c1. The minimum Gasteiger partial charge on any atom is -0.294 e. The molecule has 2 heterocycles. The number of nitrogens with zero attached hydrogens (tertiary/aromatic N) is 3. The molecule has 1 N–H and O–H groups in total. The molecule has 20 heavy (non-hydrogen) atoms. The van der Waals surface area contributed by atoms with Crippen molar-refractivity contribution < 1.29 is 0 Å². The zero-order valence-electron chi connectivity index (χ0n) is 11.0. The molecule has 1 aromatic heterocycles. The summed E-state index contributed by atoms with van der Waals surface area (Å²) in [6.45, 7) is 9.34. The molecule has 100 valence electrons. The summed E-state index contributed by atoms with van der Waals surface area (Å²) in [5.41, 5.74) is 3.52. The number of hydrogen-bond acceptors (Lipinski definition) is 3. The van der Waals surface area contributed by atoms with Gasteiger partial charge < -0.3 is 0 Å². The summed E-state index contributed by atoms with van der Waals surface area (Å²) in [6, 6.07) is 7.62. The zero-order chi connectivity index (χ0) is 13.9. The monoisotopic (exact) mass is 266 g/mol. The van der Waals surface area contributed by atoms with Crippen LogP contribution in [0.3, 0.4) is 0 Å². The van der Waals surface area contributed by atoms with Crippen molar-refractivity contribution in [3.05, 3.63) is 68.9 Å². The van der Waals surface area contributed by atoms with Crippen molar-refractivity contribution in [3.8, 4) is 0 Å². The van der Waals surface area contributed by atoms with Crippen LogP contribution in [0.25, 0.3) is 4.85 Å². The van der Waals surface area contributed by atoms with E-state index in [0.29, 0.717) is 12.2 Å². The van der Waals surface area contributed by atoms with Gasteiger partial charge >= 0.3 is 0 Å². The summed E-state index contributed by atoms with van der Waals surface area (Å²) < 4.78 is 0. The lowest BCUT2D eigenvalue weighted by Gasteiger charge is -2.27. The fourth-order valence-corrected chi connectivity index (χ4v) is 2.55. The van der Waals surface area contributed by atoms with Crippen LogP contribution in [0.2, 0.25) is 0 Å². The first-order valence-electron chi connectivity index (χ1n) is 6.50. The molecule has 0 fully saturated rings.